The van der Waals surface area contributed by atoms with E-state index in [1.807, 2.05) is 0 Å². The summed E-state index contributed by atoms with van der Waals surface area (Å²) in [5, 5.41) is 0. The van der Waals surface area contributed by atoms with E-state index in [4.69, 9.17) is 0 Å². The van der Waals surface area contributed by atoms with E-state index in [1.54, 1.807) is 6.04 Å². The van der Waals surface area contributed by atoms with Crippen molar-refractivity contribution in [2.45, 2.75) is 25.9 Å². The minimum atomic E-state index is 0.542. The maximum Gasteiger partial charge on any atom is 0.00769 e. The second-order valence-corrected chi connectivity index (χ2v) is 9.24. The molecule has 0 bridgehead atoms. The molecule has 0 aliphatic carbocycles. The first-order valence-corrected chi connectivity index (χ1v) is 9.33. The highest BCUT2D eigenvalue weighted by Gasteiger charge is 1.77. The van der Waals surface area contributed by atoms with Gasteiger partial charge in [-0.15, -0.1) is 0 Å². The summed E-state index contributed by atoms with van der Waals surface area (Å²) in [6.45, 7) is 4.72. The van der Waals surface area contributed by atoms with Crippen LogP contribution in [0.1, 0.15) is 13.3 Å². The highest BCUT2D eigenvalue weighted by molar-refractivity contribution is 6.99. The molecule has 2 heteroatoms. The van der Waals surface area contributed by atoms with E-state index < -0.39 is 0 Å². The Labute approximate surface area is 44.8 Å². The lowest BCUT2D eigenvalue weighted by atomic mass is 10.6. The average Bonchev–Trinajstić information content (AvgIpc) is 1.61. The lowest BCUT2D eigenvalue weighted by Gasteiger charge is -1.84. The lowest BCUT2D eigenvalue weighted by molar-refractivity contribution is 1.08. The summed E-state index contributed by atoms with van der Waals surface area (Å²) >= 11 is 0. The van der Waals surface area contributed by atoms with Crippen LogP contribution in [-0.2, 0) is 0 Å². The first-order chi connectivity index (χ1) is 2.91. The Hall–Kier alpha value is 0.434. The van der Waals surface area contributed by atoms with Crippen LogP contribution in [0.5, 0.6) is 0 Å². The minimum Gasteiger partial charge on any atom is -0.0771 e. The van der Waals surface area contributed by atoms with E-state index in [9.17, 15) is 0 Å². The molecule has 0 atom stereocenters. The minimum absolute atomic E-state index is 0.542. The van der Waals surface area contributed by atoms with Gasteiger partial charge in [-0.3, -0.25) is 0 Å². The fraction of sp³-hybridized carbons (Fsp3) is 1.00. The predicted octanol–water partition coefficient (Wildman–Crippen LogP) is 0.115. The Morgan fingerprint density at radius 1 is 1.50 bits per heavy atom. The van der Waals surface area contributed by atoms with Crippen molar-refractivity contribution in [3.8, 4) is 0 Å². The second kappa shape index (κ2) is 5.43. The van der Waals surface area contributed by atoms with Crippen LogP contribution in [0.4, 0.5) is 0 Å². The molecule has 0 unspecified atom stereocenters. The van der Waals surface area contributed by atoms with Gasteiger partial charge >= 0.3 is 0 Å². The van der Waals surface area contributed by atoms with Crippen molar-refractivity contribution < 1.29 is 0 Å². The van der Waals surface area contributed by atoms with Crippen molar-refractivity contribution in [2.24, 2.45) is 0 Å². The van der Waals surface area contributed by atoms with E-state index in [0.29, 0.717) is 18.1 Å². The molecule has 0 aromatic heterocycles. The summed E-state index contributed by atoms with van der Waals surface area (Å²) < 4.78 is 0. The topological polar surface area (TPSA) is 0 Å². The predicted molar refractivity (Wildman–Crippen MR) is 38.1 cm³/mol. The Kier molecular flexibility index (Phi) is 5.83. The fourth-order valence-corrected chi connectivity index (χ4v) is 4.50. The highest BCUT2D eigenvalue weighted by Crippen LogP contribution is 1.81. The molecule has 0 aromatic rings. The molecule has 0 rings (SSSR count). The summed E-state index contributed by atoms with van der Waals surface area (Å²) in [6, 6.07) is 1.61. The van der Waals surface area contributed by atoms with Gasteiger partial charge in [0.15, 0.2) is 0 Å². The molecular formula is C4H14Si2. The standard InChI is InChI=1S/C4H14Si2/c1-3-4-6-5-2/h3-6H2,1-2H3. The van der Waals surface area contributed by atoms with E-state index in [0.717, 1.165) is 0 Å². The molecule has 0 amide bonds. The van der Waals surface area contributed by atoms with E-state index >= 15 is 0 Å². The third-order valence-electron chi connectivity index (χ3n) is 0.957. The first kappa shape index (κ1) is 6.43. The van der Waals surface area contributed by atoms with Gasteiger partial charge in [-0.25, -0.2) is 0 Å². The molecule has 0 fully saturated rings. The van der Waals surface area contributed by atoms with Gasteiger partial charge in [-0.1, -0.05) is 25.9 Å². The van der Waals surface area contributed by atoms with Crippen LogP contribution < -0.4 is 0 Å². The molecule has 0 heterocycles. The zero-order chi connectivity index (χ0) is 4.83. The van der Waals surface area contributed by atoms with E-state index in [1.165, 1.54) is 6.42 Å². The Morgan fingerprint density at radius 3 is 2.33 bits per heavy atom. The molecule has 0 N–H and O–H groups in total. The smallest absolute Gasteiger partial charge is 0.00769 e. The van der Waals surface area contributed by atoms with Crippen molar-refractivity contribution in [1.29, 1.82) is 0 Å². The zero-order valence-corrected chi connectivity index (χ0v) is 7.66. The monoisotopic (exact) mass is 118 g/mol. The van der Waals surface area contributed by atoms with Crippen molar-refractivity contribution >= 4 is 18.1 Å². The van der Waals surface area contributed by atoms with Gasteiger partial charge in [0.1, 0.15) is 0 Å². The Balaban J connectivity index is 2.34. The third-order valence-corrected chi connectivity index (χ3v) is 6.49. The van der Waals surface area contributed by atoms with Gasteiger partial charge in [0.05, 0.1) is 0 Å². The Bertz CT molecular complexity index is 17.5. The van der Waals surface area contributed by atoms with Crippen molar-refractivity contribution in [3.05, 3.63) is 0 Å². The average molecular weight is 118 g/mol. The maximum atomic E-state index is 2.43. The van der Waals surface area contributed by atoms with Crippen LogP contribution in [0.25, 0.3) is 0 Å². The number of rotatable bonds is 3. The first-order valence-electron chi connectivity index (χ1n) is 2.91. The summed E-state index contributed by atoms with van der Waals surface area (Å²) in [4.78, 5) is 0. The third kappa shape index (κ3) is 4.43. The van der Waals surface area contributed by atoms with Gasteiger partial charge in [-0.2, -0.15) is 0 Å². The van der Waals surface area contributed by atoms with Crippen LogP contribution in [0.3, 0.4) is 0 Å². The van der Waals surface area contributed by atoms with Crippen LogP contribution in [-0.4, -0.2) is 18.1 Å². The molecule has 0 aromatic carbocycles. The maximum absolute atomic E-state index is 2.43. The molecule has 0 saturated heterocycles. The van der Waals surface area contributed by atoms with Crippen molar-refractivity contribution in [1.82, 2.24) is 0 Å². The van der Waals surface area contributed by atoms with Gasteiger partial charge in [-0.05, 0) is 0 Å². The van der Waals surface area contributed by atoms with Crippen molar-refractivity contribution in [2.75, 3.05) is 0 Å². The van der Waals surface area contributed by atoms with Gasteiger partial charge in [0.25, 0.3) is 0 Å². The normalized spacial score (nSPS) is 13.0. The zero-order valence-electron chi connectivity index (χ0n) is 4.83. The van der Waals surface area contributed by atoms with Crippen molar-refractivity contribution in [3.63, 3.8) is 0 Å². The van der Waals surface area contributed by atoms with E-state index in [-0.39, 0.29) is 0 Å². The number of hydrogen-bond donors (Lipinski definition) is 0. The summed E-state index contributed by atoms with van der Waals surface area (Å²) in [5.41, 5.74) is 0. The molecule has 0 saturated carbocycles. The van der Waals surface area contributed by atoms with Crippen LogP contribution in [0, 0.1) is 0 Å². The van der Waals surface area contributed by atoms with Crippen LogP contribution in [0.15, 0.2) is 0 Å². The van der Waals surface area contributed by atoms with E-state index in [2.05, 4.69) is 13.5 Å². The highest BCUT2D eigenvalue weighted by atomic mass is 29.1. The van der Waals surface area contributed by atoms with Crippen LogP contribution >= 0.6 is 0 Å². The summed E-state index contributed by atoms with van der Waals surface area (Å²) in [6.07, 6.45) is 1.45. The second-order valence-electron chi connectivity index (χ2n) is 1.71. The number of hydrogen-bond acceptors (Lipinski definition) is 0. The molecule has 0 spiro atoms. The Morgan fingerprint density at radius 2 is 2.17 bits per heavy atom. The molecule has 0 radical (unpaired) electrons. The quantitative estimate of drug-likeness (QED) is 0.365. The SMILES string of the molecule is CCC[SiH2][SiH2]C. The molecule has 0 nitrogen and oxygen atoms in total. The van der Waals surface area contributed by atoms with Gasteiger partial charge in [0.2, 0.25) is 0 Å². The summed E-state index contributed by atoms with van der Waals surface area (Å²) in [5.74, 6) is 0. The fourth-order valence-electron chi connectivity index (χ4n) is 0.500. The molecular weight excluding hydrogens is 104 g/mol. The van der Waals surface area contributed by atoms with Gasteiger partial charge in [0, 0.05) is 18.1 Å². The largest absolute Gasteiger partial charge is 0.0771 e. The lowest BCUT2D eigenvalue weighted by Crippen LogP contribution is -1.94. The van der Waals surface area contributed by atoms with Crippen LogP contribution in [0.2, 0.25) is 12.6 Å². The summed E-state index contributed by atoms with van der Waals surface area (Å²) in [7, 11) is 1.10. The molecule has 0 aliphatic heterocycles. The molecule has 0 aliphatic rings. The van der Waals surface area contributed by atoms with Gasteiger partial charge < -0.3 is 0 Å². The molecule has 38 valence electrons. The molecule has 6 heavy (non-hydrogen) atoms.